The van der Waals surface area contributed by atoms with Gasteiger partial charge in [-0.05, 0) is 18.2 Å². The molecule has 0 radical (unpaired) electrons. The highest BCUT2D eigenvalue weighted by Gasteiger charge is 2.07. The Bertz CT molecular complexity index is 940. The maximum Gasteiger partial charge on any atom is 0.129 e. The van der Waals surface area contributed by atoms with E-state index in [-0.39, 0.29) is 0 Å². The highest BCUT2D eigenvalue weighted by molar-refractivity contribution is 5.82. The van der Waals surface area contributed by atoms with Gasteiger partial charge in [0.1, 0.15) is 5.82 Å². The number of para-hydroxylation sites is 2. The minimum absolute atomic E-state index is 0.563. The number of anilines is 1. The van der Waals surface area contributed by atoms with Crippen LogP contribution in [0.5, 0.6) is 0 Å². The Morgan fingerprint density at radius 3 is 2.62 bits per heavy atom. The number of nitrogens with two attached hydrogens (primary N) is 1. The highest BCUT2D eigenvalue weighted by Crippen LogP contribution is 2.21. The summed E-state index contributed by atoms with van der Waals surface area (Å²) in [4.78, 5) is 4.47. The van der Waals surface area contributed by atoms with Crippen molar-refractivity contribution >= 4 is 27.6 Å². The Morgan fingerprint density at radius 2 is 1.71 bits per heavy atom. The third kappa shape index (κ3) is 2.01. The van der Waals surface area contributed by atoms with Crippen LogP contribution in [0.15, 0.2) is 60.8 Å². The first-order valence-corrected chi connectivity index (χ1v) is 6.86. The van der Waals surface area contributed by atoms with Gasteiger partial charge in [0.05, 0.1) is 23.8 Å². The Balaban J connectivity index is 1.82. The first kappa shape index (κ1) is 11.9. The first-order chi connectivity index (χ1) is 10.3. The quantitative estimate of drug-likeness (QED) is 0.610. The molecule has 0 amide bonds. The Hall–Kier alpha value is -2.88. The molecule has 0 unspecified atom stereocenters. The average molecular weight is 274 g/mol. The zero-order chi connectivity index (χ0) is 14.2. The maximum absolute atomic E-state index is 6.10. The normalized spacial score (nSPS) is 11.2. The number of nitrogen functional groups attached to an aromatic ring is 1. The van der Waals surface area contributed by atoms with Crippen LogP contribution in [-0.4, -0.2) is 14.8 Å². The molecule has 0 saturated carbocycles. The summed E-state index contributed by atoms with van der Waals surface area (Å²) < 4.78 is 1.96. The summed E-state index contributed by atoms with van der Waals surface area (Å²) in [5, 5.41) is 6.67. The number of aromatic nitrogens is 3. The van der Waals surface area contributed by atoms with E-state index >= 15 is 0 Å². The fourth-order valence-corrected chi connectivity index (χ4v) is 2.61. The predicted molar refractivity (Wildman–Crippen MR) is 85.0 cm³/mol. The molecule has 0 aliphatic carbocycles. The van der Waals surface area contributed by atoms with Crippen LogP contribution >= 0.6 is 0 Å². The van der Waals surface area contributed by atoms with Gasteiger partial charge >= 0.3 is 0 Å². The van der Waals surface area contributed by atoms with Crippen molar-refractivity contribution in [1.29, 1.82) is 0 Å². The van der Waals surface area contributed by atoms with Gasteiger partial charge in [-0.25, -0.2) is 4.98 Å². The van der Waals surface area contributed by atoms with Crippen molar-refractivity contribution in [3.05, 3.63) is 66.4 Å². The smallest absolute Gasteiger partial charge is 0.129 e. The van der Waals surface area contributed by atoms with Crippen molar-refractivity contribution in [2.75, 3.05) is 5.73 Å². The fourth-order valence-electron chi connectivity index (χ4n) is 2.61. The molecular weight excluding hydrogens is 260 g/mol. The lowest BCUT2D eigenvalue weighted by Crippen LogP contribution is -2.06. The van der Waals surface area contributed by atoms with E-state index in [0.717, 1.165) is 27.4 Å². The summed E-state index contributed by atoms with van der Waals surface area (Å²) in [6.45, 7) is 0.622. The van der Waals surface area contributed by atoms with Gasteiger partial charge in [0.25, 0.3) is 0 Å². The second-order valence-corrected chi connectivity index (χ2v) is 5.09. The molecule has 0 atom stereocenters. The summed E-state index contributed by atoms with van der Waals surface area (Å²) in [5.74, 6) is 0.563. The van der Waals surface area contributed by atoms with E-state index in [9.17, 15) is 0 Å². The molecule has 0 bridgehead atoms. The van der Waals surface area contributed by atoms with Crippen molar-refractivity contribution in [1.82, 2.24) is 14.8 Å². The van der Waals surface area contributed by atoms with Gasteiger partial charge in [0, 0.05) is 16.3 Å². The molecule has 0 spiro atoms. The predicted octanol–water partition coefficient (Wildman–Crippen LogP) is 3.22. The molecule has 4 nitrogen and oxygen atoms in total. The van der Waals surface area contributed by atoms with E-state index < -0.39 is 0 Å². The molecule has 0 fully saturated rings. The van der Waals surface area contributed by atoms with Crippen LogP contribution in [0.3, 0.4) is 0 Å². The summed E-state index contributed by atoms with van der Waals surface area (Å²) in [6, 6.07) is 18.2. The zero-order valence-electron chi connectivity index (χ0n) is 11.4. The Kier molecular flexibility index (Phi) is 2.60. The fraction of sp³-hybridized carbons (Fsp3) is 0.0588. The zero-order valence-corrected chi connectivity index (χ0v) is 11.4. The molecule has 2 heterocycles. The molecule has 0 aliphatic rings. The number of nitrogens with zero attached hydrogens (tertiary/aromatic N) is 3. The van der Waals surface area contributed by atoms with Crippen molar-refractivity contribution < 1.29 is 0 Å². The lowest BCUT2D eigenvalue weighted by Gasteiger charge is -2.08. The van der Waals surface area contributed by atoms with Gasteiger partial charge in [0.2, 0.25) is 0 Å². The van der Waals surface area contributed by atoms with Gasteiger partial charge in [-0.15, -0.1) is 0 Å². The molecule has 21 heavy (non-hydrogen) atoms. The van der Waals surface area contributed by atoms with Gasteiger partial charge in [-0.2, -0.15) is 5.10 Å². The van der Waals surface area contributed by atoms with E-state index in [1.807, 2.05) is 47.3 Å². The molecular formula is C17H14N4. The Labute approximate surface area is 121 Å². The standard InChI is InChI=1S/C17H14N4/c18-17-14(9-12-5-1-3-7-15(12)20-17)11-21-16-8-4-2-6-13(16)10-19-21/h1-10H,11H2,(H2,18,20). The molecule has 4 rings (SSSR count). The number of benzene rings is 2. The average Bonchev–Trinajstić information content (AvgIpc) is 2.91. The van der Waals surface area contributed by atoms with Gasteiger partial charge in [-0.3, -0.25) is 4.68 Å². The van der Waals surface area contributed by atoms with Crippen molar-refractivity contribution in [2.45, 2.75) is 6.54 Å². The SMILES string of the molecule is Nc1nc2ccccc2cc1Cn1ncc2ccccc21. The van der Waals surface area contributed by atoms with Crippen LogP contribution in [0.25, 0.3) is 21.8 Å². The summed E-state index contributed by atoms with van der Waals surface area (Å²) in [7, 11) is 0. The molecule has 0 saturated heterocycles. The second kappa shape index (κ2) is 4.59. The maximum atomic E-state index is 6.10. The monoisotopic (exact) mass is 274 g/mol. The highest BCUT2D eigenvalue weighted by atomic mass is 15.3. The van der Waals surface area contributed by atoms with Gasteiger partial charge < -0.3 is 5.73 Å². The molecule has 2 N–H and O–H groups in total. The summed E-state index contributed by atoms with van der Waals surface area (Å²) in [5.41, 5.74) is 9.11. The van der Waals surface area contributed by atoms with E-state index in [2.05, 4.69) is 28.3 Å². The number of fused-ring (bicyclic) bond motifs is 2. The molecule has 4 aromatic rings. The Morgan fingerprint density at radius 1 is 0.952 bits per heavy atom. The van der Waals surface area contributed by atoms with Gasteiger partial charge in [-0.1, -0.05) is 36.4 Å². The molecule has 4 heteroatoms. The number of hydrogen-bond donors (Lipinski definition) is 1. The second-order valence-electron chi connectivity index (χ2n) is 5.09. The molecule has 2 aromatic carbocycles. The third-order valence-electron chi connectivity index (χ3n) is 3.71. The van der Waals surface area contributed by atoms with E-state index in [4.69, 9.17) is 5.73 Å². The van der Waals surface area contributed by atoms with Crippen LogP contribution in [0.4, 0.5) is 5.82 Å². The molecule has 102 valence electrons. The van der Waals surface area contributed by atoms with E-state index in [0.29, 0.717) is 12.4 Å². The minimum atomic E-state index is 0.563. The van der Waals surface area contributed by atoms with Gasteiger partial charge in [0.15, 0.2) is 0 Å². The van der Waals surface area contributed by atoms with Crippen molar-refractivity contribution in [2.24, 2.45) is 0 Å². The van der Waals surface area contributed by atoms with Crippen LogP contribution in [0, 0.1) is 0 Å². The number of rotatable bonds is 2. The summed E-state index contributed by atoms with van der Waals surface area (Å²) >= 11 is 0. The molecule has 0 aliphatic heterocycles. The first-order valence-electron chi connectivity index (χ1n) is 6.86. The van der Waals surface area contributed by atoms with Crippen molar-refractivity contribution in [3.63, 3.8) is 0 Å². The summed E-state index contributed by atoms with van der Waals surface area (Å²) in [6.07, 6.45) is 1.87. The minimum Gasteiger partial charge on any atom is -0.383 e. The lowest BCUT2D eigenvalue weighted by atomic mass is 10.1. The number of pyridine rings is 1. The van der Waals surface area contributed by atoms with Crippen LogP contribution in [-0.2, 0) is 6.54 Å². The van der Waals surface area contributed by atoms with E-state index in [1.165, 1.54) is 0 Å². The van der Waals surface area contributed by atoms with Crippen LogP contribution < -0.4 is 5.73 Å². The van der Waals surface area contributed by atoms with E-state index in [1.54, 1.807) is 0 Å². The third-order valence-corrected chi connectivity index (χ3v) is 3.71. The topological polar surface area (TPSA) is 56.7 Å². The lowest BCUT2D eigenvalue weighted by molar-refractivity contribution is 0.712. The molecule has 2 aromatic heterocycles. The number of hydrogen-bond acceptors (Lipinski definition) is 3. The van der Waals surface area contributed by atoms with Crippen molar-refractivity contribution in [3.8, 4) is 0 Å². The van der Waals surface area contributed by atoms with Crippen LogP contribution in [0.2, 0.25) is 0 Å². The van der Waals surface area contributed by atoms with Crippen LogP contribution in [0.1, 0.15) is 5.56 Å². The largest absolute Gasteiger partial charge is 0.383 e.